The summed E-state index contributed by atoms with van der Waals surface area (Å²) >= 11 is 11.9. The third kappa shape index (κ3) is 4.03. The largest absolute Gasteiger partial charge is 0.348 e. The van der Waals surface area contributed by atoms with Gasteiger partial charge in [0.1, 0.15) is 5.78 Å². The summed E-state index contributed by atoms with van der Waals surface area (Å²) in [4.78, 5) is 23.4. The summed E-state index contributed by atoms with van der Waals surface area (Å²) in [6, 6.07) is 11.6. The number of anilines is 1. The molecule has 0 bridgehead atoms. The normalized spacial score (nSPS) is 13.5. The second-order valence-electron chi connectivity index (χ2n) is 5.97. The SMILES string of the molecule is CC(N(c1cccc2ncccc12)S(=O)(=O)c1cc(Cl)cc(Cl)c1)P(=O)(O)O. The Morgan fingerprint density at radius 3 is 2.32 bits per heavy atom. The maximum Gasteiger partial charge on any atom is 0.348 e. The predicted octanol–water partition coefficient (Wildman–Crippen LogP) is 4.26. The topological polar surface area (TPSA) is 108 Å². The van der Waals surface area contributed by atoms with Crippen LogP contribution in [0, 0.1) is 0 Å². The van der Waals surface area contributed by atoms with Crippen molar-refractivity contribution >= 4 is 57.4 Å². The van der Waals surface area contributed by atoms with Crippen LogP contribution >= 0.6 is 30.8 Å². The minimum Gasteiger partial charge on any atom is -0.323 e. The van der Waals surface area contributed by atoms with Crippen molar-refractivity contribution in [1.82, 2.24) is 4.98 Å². The van der Waals surface area contributed by atoms with Gasteiger partial charge in [-0.1, -0.05) is 29.3 Å². The Morgan fingerprint density at radius 1 is 1.07 bits per heavy atom. The van der Waals surface area contributed by atoms with Gasteiger partial charge in [0.25, 0.3) is 10.0 Å². The molecule has 3 rings (SSSR count). The molecular formula is C17H15Cl2N2O5PS. The van der Waals surface area contributed by atoms with E-state index in [-0.39, 0.29) is 20.6 Å². The van der Waals surface area contributed by atoms with E-state index in [1.165, 1.54) is 30.5 Å². The maximum absolute atomic E-state index is 13.4. The molecule has 1 unspecified atom stereocenters. The molecule has 1 heterocycles. The summed E-state index contributed by atoms with van der Waals surface area (Å²) in [5.74, 6) is -1.68. The zero-order valence-electron chi connectivity index (χ0n) is 14.4. The molecule has 28 heavy (non-hydrogen) atoms. The zero-order chi connectivity index (χ0) is 20.7. The summed E-state index contributed by atoms with van der Waals surface area (Å²) in [6.45, 7) is 1.14. The lowest BCUT2D eigenvalue weighted by atomic mass is 10.2. The monoisotopic (exact) mass is 460 g/mol. The van der Waals surface area contributed by atoms with Crippen molar-refractivity contribution < 1.29 is 22.8 Å². The Kier molecular flexibility index (Phi) is 5.74. The number of rotatable bonds is 5. The molecule has 2 aromatic carbocycles. The Labute approximate surface area is 171 Å². The molecular weight excluding hydrogens is 446 g/mol. The van der Waals surface area contributed by atoms with Crippen LogP contribution in [0.3, 0.4) is 0 Å². The molecule has 148 valence electrons. The van der Waals surface area contributed by atoms with Crippen LogP contribution in [0.2, 0.25) is 10.0 Å². The fourth-order valence-corrected chi connectivity index (χ4v) is 6.13. The van der Waals surface area contributed by atoms with Gasteiger partial charge in [-0.25, -0.2) is 8.42 Å². The number of pyridine rings is 1. The van der Waals surface area contributed by atoms with Crippen molar-refractivity contribution in [3.05, 3.63) is 64.8 Å². The number of aromatic nitrogens is 1. The van der Waals surface area contributed by atoms with Gasteiger partial charge in [0.2, 0.25) is 0 Å². The fraction of sp³-hybridized carbons (Fsp3) is 0.118. The lowest BCUT2D eigenvalue weighted by molar-refractivity contribution is 0.361. The van der Waals surface area contributed by atoms with E-state index >= 15 is 0 Å². The third-order valence-electron chi connectivity index (χ3n) is 4.08. The lowest BCUT2D eigenvalue weighted by Crippen LogP contribution is -2.38. The number of sulfonamides is 1. The van der Waals surface area contributed by atoms with Crippen LogP contribution in [-0.4, -0.2) is 29.0 Å². The molecule has 1 aromatic heterocycles. The summed E-state index contributed by atoms with van der Waals surface area (Å²) in [5.41, 5.74) is 0.555. The second kappa shape index (κ2) is 7.63. The van der Waals surface area contributed by atoms with Gasteiger partial charge < -0.3 is 9.79 Å². The number of benzene rings is 2. The first-order valence-corrected chi connectivity index (χ1v) is 11.8. The highest BCUT2D eigenvalue weighted by Gasteiger charge is 2.39. The second-order valence-corrected chi connectivity index (χ2v) is 10.6. The maximum atomic E-state index is 13.4. The predicted molar refractivity (Wildman–Crippen MR) is 109 cm³/mol. The van der Waals surface area contributed by atoms with Crippen LogP contribution in [-0.2, 0) is 14.6 Å². The molecule has 7 nitrogen and oxygen atoms in total. The van der Waals surface area contributed by atoms with Crippen molar-refractivity contribution in [2.75, 3.05) is 4.31 Å². The highest BCUT2D eigenvalue weighted by atomic mass is 35.5. The van der Waals surface area contributed by atoms with Gasteiger partial charge in [0, 0.05) is 21.6 Å². The van der Waals surface area contributed by atoms with Gasteiger partial charge in [0.05, 0.1) is 16.1 Å². The lowest BCUT2D eigenvalue weighted by Gasteiger charge is -2.31. The minimum atomic E-state index is -4.84. The summed E-state index contributed by atoms with van der Waals surface area (Å²) < 4.78 is 39.5. The molecule has 2 N–H and O–H groups in total. The standard InChI is InChI=1S/C17H15Cl2N2O5PS/c1-11(27(22,23)24)21(17-6-2-5-16-15(17)4-3-7-20-16)28(25,26)14-9-12(18)8-13(19)10-14/h2-11H,1H3,(H2,22,23,24). The van der Waals surface area contributed by atoms with E-state index < -0.39 is 23.4 Å². The highest BCUT2D eigenvalue weighted by molar-refractivity contribution is 7.93. The summed E-state index contributed by atoms with van der Waals surface area (Å²) in [7, 11) is -9.27. The number of nitrogens with zero attached hydrogens (tertiary/aromatic N) is 2. The zero-order valence-corrected chi connectivity index (χ0v) is 17.6. The van der Waals surface area contributed by atoms with Crippen molar-refractivity contribution in [2.45, 2.75) is 17.6 Å². The highest BCUT2D eigenvalue weighted by Crippen LogP contribution is 2.47. The first-order chi connectivity index (χ1) is 13.0. The molecule has 0 fully saturated rings. The van der Waals surface area contributed by atoms with Gasteiger partial charge in [-0.15, -0.1) is 0 Å². The molecule has 11 heteroatoms. The fourth-order valence-electron chi connectivity index (χ4n) is 2.74. The van der Waals surface area contributed by atoms with Gasteiger partial charge in [-0.3, -0.25) is 13.9 Å². The molecule has 1 atom stereocenters. The average Bonchev–Trinajstić information content (AvgIpc) is 2.60. The van der Waals surface area contributed by atoms with Gasteiger partial charge in [0.15, 0.2) is 0 Å². The van der Waals surface area contributed by atoms with Gasteiger partial charge in [-0.05, 0) is 49.4 Å². The molecule has 0 saturated heterocycles. The van der Waals surface area contributed by atoms with Crippen LogP contribution in [0.4, 0.5) is 5.69 Å². The van der Waals surface area contributed by atoms with E-state index in [4.69, 9.17) is 23.2 Å². The quantitative estimate of drug-likeness (QED) is 0.550. The van der Waals surface area contributed by atoms with Crippen molar-refractivity contribution in [3.8, 4) is 0 Å². The molecule has 0 aliphatic carbocycles. The smallest absolute Gasteiger partial charge is 0.323 e. The Balaban J connectivity index is 2.33. The van der Waals surface area contributed by atoms with E-state index in [9.17, 15) is 22.8 Å². The molecule has 3 aromatic rings. The first-order valence-electron chi connectivity index (χ1n) is 7.91. The van der Waals surface area contributed by atoms with Crippen molar-refractivity contribution in [3.63, 3.8) is 0 Å². The van der Waals surface area contributed by atoms with E-state index in [0.29, 0.717) is 15.2 Å². The number of fused-ring (bicyclic) bond motifs is 1. The Morgan fingerprint density at radius 2 is 1.71 bits per heavy atom. The number of hydrogen-bond acceptors (Lipinski definition) is 4. The molecule has 0 saturated carbocycles. The first kappa shape index (κ1) is 21.0. The molecule has 0 radical (unpaired) electrons. The van der Waals surface area contributed by atoms with Crippen LogP contribution in [0.5, 0.6) is 0 Å². The van der Waals surface area contributed by atoms with Crippen molar-refractivity contribution in [2.24, 2.45) is 0 Å². The molecule has 0 spiro atoms. The van der Waals surface area contributed by atoms with E-state index in [1.54, 1.807) is 24.3 Å². The third-order valence-corrected chi connectivity index (χ3v) is 7.74. The van der Waals surface area contributed by atoms with Gasteiger partial charge in [-0.2, -0.15) is 0 Å². The minimum absolute atomic E-state index is 0.0782. The van der Waals surface area contributed by atoms with E-state index in [2.05, 4.69) is 4.98 Å². The number of hydrogen-bond donors (Lipinski definition) is 2. The molecule has 0 aliphatic heterocycles. The molecule has 0 amide bonds. The molecule has 0 aliphatic rings. The summed E-state index contributed by atoms with van der Waals surface area (Å²) in [5, 5.41) is 0.575. The van der Waals surface area contributed by atoms with Crippen LogP contribution in [0.25, 0.3) is 10.9 Å². The van der Waals surface area contributed by atoms with Crippen molar-refractivity contribution in [1.29, 1.82) is 0 Å². The Bertz CT molecular complexity index is 1170. The average molecular weight is 461 g/mol. The number of halogens is 2. The van der Waals surface area contributed by atoms with E-state index in [1.807, 2.05) is 0 Å². The van der Waals surface area contributed by atoms with Crippen LogP contribution in [0.1, 0.15) is 6.92 Å². The van der Waals surface area contributed by atoms with Crippen LogP contribution in [0.15, 0.2) is 59.6 Å². The van der Waals surface area contributed by atoms with Gasteiger partial charge >= 0.3 is 7.60 Å². The van der Waals surface area contributed by atoms with Crippen LogP contribution < -0.4 is 4.31 Å². The van der Waals surface area contributed by atoms with E-state index in [0.717, 1.165) is 6.92 Å². The Hall–Kier alpha value is -1.67. The summed E-state index contributed by atoms with van der Waals surface area (Å²) in [6.07, 6.45) is 1.54.